The van der Waals surface area contributed by atoms with E-state index in [4.69, 9.17) is 0 Å². The molecule has 1 fully saturated rings. The maximum atomic E-state index is 12.6. The van der Waals surface area contributed by atoms with Gasteiger partial charge >= 0.3 is 5.97 Å². The van der Waals surface area contributed by atoms with Gasteiger partial charge in [-0.15, -0.1) is 0 Å². The molecular formula is C21H29N5O5S. The molecule has 32 heavy (non-hydrogen) atoms. The number of benzene rings is 1. The molecule has 174 valence electrons. The van der Waals surface area contributed by atoms with E-state index >= 15 is 0 Å². The van der Waals surface area contributed by atoms with Crippen LogP contribution in [0.4, 0.5) is 0 Å². The molecule has 0 spiro atoms. The van der Waals surface area contributed by atoms with Crippen molar-refractivity contribution in [1.82, 2.24) is 25.4 Å². The van der Waals surface area contributed by atoms with Crippen molar-refractivity contribution in [2.75, 3.05) is 33.2 Å². The summed E-state index contributed by atoms with van der Waals surface area (Å²) in [5, 5.41) is 17.0. The molecular weight excluding hydrogens is 434 g/mol. The number of nitrogens with one attached hydrogen (secondary N) is 3. The van der Waals surface area contributed by atoms with Gasteiger partial charge in [0.05, 0.1) is 10.8 Å². The van der Waals surface area contributed by atoms with Crippen LogP contribution in [0.2, 0.25) is 0 Å². The lowest BCUT2D eigenvalue weighted by Crippen LogP contribution is -2.59. The monoisotopic (exact) mass is 463 g/mol. The first-order valence-electron chi connectivity index (χ1n) is 10.4. The van der Waals surface area contributed by atoms with Crippen molar-refractivity contribution in [1.29, 1.82) is 0 Å². The van der Waals surface area contributed by atoms with Crippen molar-refractivity contribution in [3.8, 4) is 0 Å². The standard InChI is InChI=1S/C21H29N5O5S/c1-3-15-8-7-11-22-19(15)25(2)23-12-18(21(28)29)24-20(27)16-13-26(14-16)32(30,31)17-9-5-4-6-10-17/h3-6,9-10,16,18,22-23H,1,7-8,11-14H2,2H3,(H,24,27)(H,28,29)/t18-/m0/s1. The SMILES string of the molecule is C=CC1=C(N(C)NC[C@H](NC(=O)C2CN(S(=O)(=O)c3ccccc3)C2)C(=O)O)NCCC1. The van der Waals surface area contributed by atoms with Crippen LogP contribution in [-0.4, -0.2) is 74.0 Å². The number of carboxylic acid groups (broad SMARTS) is 1. The van der Waals surface area contributed by atoms with Gasteiger partial charge in [-0.2, -0.15) is 4.31 Å². The van der Waals surface area contributed by atoms with Gasteiger partial charge in [0.25, 0.3) is 0 Å². The van der Waals surface area contributed by atoms with E-state index in [1.54, 1.807) is 36.3 Å². The minimum atomic E-state index is -3.66. The number of sulfonamides is 1. The van der Waals surface area contributed by atoms with Gasteiger partial charge in [-0.05, 0) is 30.5 Å². The van der Waals surface area contributed by atoms with Crippen molar-refractivity contribution in [2.24, 2.45) is 5.92 Å². The van der Waals surface area contributed by atoms with Gasteiger partial charge in [-0.3, -0.25) is 9.80 Å². The van der Waals surface area contributed by atoms with Crippen LogP contribution in [0.25, 0.3) is 0 Å². The van der Waals surface area contributed by atoms with Crippen LogP contribution in [0.15, 0.2) is 59.3 Å². The average molecular weight is 464 g/mol. The number of allylic oxidation sites excluding steroid dienone is 2. The number of hydrogen-bond donors (Lipinski definition) is 4. The Kier molecular flexibility index (Phi) is 7.54. The molecule has 0 aliphatic carbocycles. The second kappa shape index (κ2) is 10.2. The number of aliphatic carboxylic acids is 1. The summed E-state index contributed by atoms with van der Waals surface area (Å²) in [6.07, 6.45) is 3.63. The molecule has 3 rings (SSSR count). The summed E-state index contributed by atoms with van der Waals surface area (Å²) in [4.78, 5) is 24.3. The van der Waals surface area contributed by atoms with Crippen molar-refractivity contribution >= 4 is 21.9 Å². The Labute approximate surface area is 188 Å². The Bertz CT molecular complexity index is 989. The van der Waals surface area contributed by atoms with Crippen molar-refractivity contribution in [3.05, 3.63) is 54.4 Å². The van der Waals surface area contributed by atoms with Crippen LogP contribution in [0.5, 0.6) is 0 Å². The van der Waals surface area contributed by atoms with Crippen LogP contribution in [0.1, 0.15) is 12.8 Å². The summed E-state index contributed by atoms with van der Waals surface area (Å²) in [5.74, 6) is -1.43. The molecule has 2 aliphatic rings. The largest absolute Gasteiger partial charge is 0.480 e. The van der Waals surface area contributed by atoms with Gasteiger partial charge < -0.3 is 15.7 Å². The third kappa shape index (κ3) is 5.29. The molecule has 1 amide bonds. The Morgan fingerprint density at radius 2 is 2.03 bits per heavy atom. The second-order valence-corrected chi connectivity index (χ2v) is 9.70. The van der Waals surface area contributed by atoms with Crippen LogP contribution in [-0.2, 0) is 19.6 Å². The highest BCUT2D eigenvalue weighted by Crippen LogP contribution is 2.25. The van der Waals surface area contributed by atoms with Crippen molar-refractivity contribution < 1.29 is 23.1 Å². The lowest BCUT2D eigenvalue weighted by Gasteiger charge is -2.37. The number of rotatable bonds is 10. The quantitative estimate of drug-likeness (QED) is 0.359. The molecule has 0 saturated carbocycles. The molecule has 2 heterocycles. The molecule has 0 aromatic heterocycles. The fourth-order valence-electron chi connectivity index (χ4n) is 3.59. The van der Waals surface area contributed by atoms with E-state index in [1.807, 2.05) is 0 Å². The Hall–Kier alpha value is -2.89. The Balaban J connectivity index is 1.53. The summed E-state index contributed by atoms with van der Waals surface area (Å²) in [6.45, 7) is 4.61. The molecule has 2 aliphatic heterocycles. The van der Waals surface area contributed by atoms with Crippen molar-refractivity contribution in [2.45, 2.75) is 23.8 Å². The zero-order valence-corrected chi connectivity index (χ0v) is 18.8. The first-order chi connectivity index (χ1) is 15.2. The molecule has 1 aromatic carbocycles. The van der Waals surface area contributed by atoms with Gasteiger partial charge in [0.2, 0.25) is 15.9 Å². The Morgan fingerprint density at radius 3 is 2.66 bits per heavy atom. The van der Waals surface area contributed by atoms with E-state index in [1.165, 1.54) is 16.4 Å². The molecule has 0 radical (unpaired) electrons. The normalized spacial score (nSPS) is 18.3. The number of amides is 1. The molecule has 1 atom stereocenters. The van der Waals surface area contributed by atoms with Crippen molar-refractivity contribution in [3.63, 3.8) is 0 Å². The highest BCUT2D eigenvalue weighted by molar-refractivity contribution is 7.89. The maximum absolute atomic E-state index is 12.6. The van der Waals surface area contributed by atoms with Gasteiger partial charge in [0.15, 0.2) is 0 Å². The third-order valence-corrected chi connectivity index (χ3v) is 7.39. The first-order valence-corrected chi connectivity index (χ1v) is 11.8. The first kappa shape index (κ1) is 23.8. The summed E-state index contributed by atoms with van der Waals surface area (Å²) >= 11 is 0. The smallest absolute Gasteiger partial charge is 0.327 e. The predicted octanol–water partition coefficient (Wildman–Crippen LogP) is 0.0939. The van der Waals surface area contributed by atoms with E-state index in [-0.39, 0.29) is 24.5 Å². The molecule has 0 unspecified atom stereocenters. The van der Waals surface area contributed by atoms with E-state index in [2.05, 4.69) is 22.6 Å². The van der Waals surface area contributed by atoms with E-state index in [9.17, 15) is 23.1 Å². The molecule has 1 aromatic rings. The zero-order chi connectivity index (χ0) is 23.3. The fourth-order valence-corrected chi connectivity index (χ4v) is 5.14. The zero-order valence-electron chi connectivity index (χ0n) is 18.0. The molecule has 4 N–H and O–H groups in total. The summed E-state index contributed by atoms with van der Waals surface area (Å²) < 4.78 is 26.3. The predicted molar refractivity (Wildman–Crippen MR) is 118 cm³/mol. The third-order valence-electron chi connectivity index (χ3n) is 5.55. The number of nitrogens with zero attached hydrogens (tertiary/aromatic N) is 2. The van der Waals surface area contributed by atoms with E-state index < -0.39 is 33.9 Å². The number of carboxylic acids is 1. The highest BCUT2D eigenvalue weighted by Gasteiger charge is 2.41. The minimum Gasteiger partial charge on any atom is -0.480 e. The van der Waals surface area contributed by atoms with Crippen LogP contribution in [0, 0.1) is 5.92 Å². The maximum Gasteiger partial charge on any atom is 0.327 e. The summed E-state index contributed by atoms with van der Waals surface area (Å²) in [7, 11) is -1.90. The number of carbonyl (C=O) groups excluding carboxylic acids is 1. The molecule has 1 saturated heterocycles. The Morgan fingerprint density at radius 1 is 1.34 bits per heavy atom. The van der Waals surface area contributed by atoms with E-state index in [0.29, 0.717) is 0 Å². The fraction of sp³-hybridized carbons (Fsp3) is 0.429. The van der Waals surface area contributed by atoms with Crippen LogP contribution >= 0.6 is 0 Å². The molecule has 11 heteroatoms. The lowest BCUT2D eigenvalue weighted by atomic mass is 10.0. The number of hydrazine groups is 1. The van der Waals surface area contributed by atoms with Gasteiger partial charge in [-0.25, -0.2) is 18.6 Å². The topological polar surface area (TPSA) is 131 Å². The molecule has 10 nitrogen and oxygen atoms in total. The van der Waals surface area contributed by atoms with Crippen LogP contribution < -0.4 is 16.1 Å². The van der Waals surface area contributed by atoms with Crippen LogP contribution in [0.3, 0.4) is 0 Å². The number of carbonyl (C=O) groups is 2. The minimum absolute atomic E-state index is 0.0161. The second-order valence-electron chi connectivity index (χ2n) is 7.76. The lowest BCUT2D eigenvalue weighted by molar-refractivity contribution is -0.143. The highest BCUT2D eigenvalue weighted by atomic mass is 32.2. The molecule has 0 bridgehead atoms. The summed E-state index contributed by atoms with van der Waals surface area (Å²) in [5.41, 5.74) is 4.02. The van der Waals surface area contributed by atoms with Gasteiger partial charge in [0.1, 0.15) is 11.9 Å². The summed E-state index contributed by atoms with van der Waals surface area (Å²) in [6, 6.07) is 6.83. The van der Waals surface area contributed by atoms with Gasteiger partial charge in [-0.1, -0.05) is 30.9 Å². The van der Waals surface area contributed by atoms with E-state index in [0.717, 1.165) is 30.8 Å². The average Bonchev–Trinajstić information content (AvgIpc) is 2.75. The number of hydrogen-bond acceptors (Lipinski definition) is 7. The van der Waals surface area contributed by atoms with Gasteiger partial charge in [0, 0.05) is 33.2 Å².